The molecule has 0 aliphatic carbocycles. The smallest absolute Gasteiger partial charge is 0.247 e. The minimum absolute atomic E-state index is 0.175. The third-order valence-electron chi connectivity index (χ3n) is 5.75. The molecular formula is C22H28N2O4S. The minimum atomic E-state index is -3.64. The van der Waals surface area contributed by atoms with Crippen LogP contribution in [0.2, 0.25) is 0 Å². The van der Waals surface area contributed by atoms with Crippen molar-refractivity contribution in [2.75, 3.05) is 33.4 Å². The average Bonchev–Trinajstić information content (AvgIpc) is 2.96. The molecule has 0 radical (unpaired) electrons. The Hall–Kier alpha value is -1.93. The standard InChI is InChI=1S/C22H28N2O4S/c1-27-16-15-24-19-11-13-23(17-18-7-3-2-4-8-18)14-12-20(19)28-21-9-5-6-10-22(21)29(24,25)26/h2-10,19-20H,11-17H2,1H3/t19-,20-/m1/s1. The lowest BCUT2D eigenvalue weighted by atomic mass is 10.1. The first-order chi connectivity index (χ1) is 14.1. The van der Waals surface area contributed by atoms with Gasteiger partial charge in [0.1, 0.15) is 16.7 Å². The summed E-state index contributed by atoms with van der Waals surface area (Å²) in [6.45, 7) is 3.25. The van der Waals surface area contributed by atoms with Crippen LogP contribution in [0.25, 0.3) is 0 Å². The van der Waals surface area contributed by atoms with Crippen LogP contribution in [0.3, 0.4) is 0 Å². The van der Waals surface area contributed by atoms with Crippen LogP contribution in [0.4, 0.5) is 0 Å². The number of methoxy groups -OCH3 is 1. The third-order valence-corrected chi connectivity index (χ3v) is 7.71. The van der Waals surface area contributed by atoms with Gasteiger partial charge >= 0.3 is 0 Å². The lowest BCUT2D eigenvalue weighted by Gasteiger charge is -2.31. The maximum atomic E-state index is 13.4. The number of likely N-dealkylation sites (tertiary alicyclic amines) is 1. The Morgan fingerprint density at radius 3 is 2.55 bits per heavy atom. The van der Waals surface area contributed by atoms with E-state index in [9.17, 15) is 8.42 Å². The van der Waals surface area contributed by atoms with Gasteiger partial charge in [0.2, 0.25) is 10.0 Å². The molecule has 6 nitrogen and oxygen atoms in total. The Balaban J connectivity index is 1.61. The monoisotopic (exact) mass is 416 g/mol. The summed E-state index contributed by atoms with van der Waals surface area (Å²) in [4.78, 5) is 2.64. The van der Waals surface area contributed by atoms with Crippen LogP contribution < -0.4 is 4.74 Å². The molecule has 29 heavy (non-hydrogen) atoms. The fourth-order valence-electron chi connectivity index (χ4n) is 4.28. The van der Waals surface area contributed by atoms with Crippen molar-refractivity contribution in [2.45, 2.75) is 36.4 Å². The summed E-state index contributed by atoms with van der Waals surface area (Å²) in [5.74, 6) is 0.457. The molecule has 4 rings (SSSR count). The highest BCUT2D eigenvalue weighted by Crippen LogP contribution is 2.36. The van der Waals surface area contributed by atoms with Gasteiger partial charge < -0.3 is 9.47 Å². The molecule has 2 aromatic carbocycles. The number of hydrogen-bond donors (Lipinski definition) is 0. The molecule has 0 amide bonds. The SMILES string of the molecule is COCCN1[C@@H]2CCN(Cc3ccccc3)CC[C@H]2Oc2ccccc2S1(=O)=O. The maximum Gasteiger partial charge on any atom is 0.247 e. The highest BCUT2D eigenvalue weighted by Gasteiger charge is 2.43. The van der Waals surface area contributed by atoms with Crippen LogP contribution in [0.15, 0.2) is 59.5 Å². The second kappa shape index (κ2) is 8.83. The Labute approximate surface area is 173 Å². The number of benzene rings is 2. The minimum Gasteiger partial charge on any atom is -0.487 e. The zero-order chi connectivity index (χ0) is 20.3. The van der Waals surface area contributed by atoms with Gasteiger partial charge in [-0.15, -0.1) is 0 Å². The zero-order valence-electron chi connectivity index (χ0n) is 16.7. The zero-order valence-corrected chi connectivity index (χ0v) is 17.6. The van der Waals surface area contributed by atoms with E-state index in [4.69, 9.17) is 9.47 Å². The molecular weight excluding hydrogens is 388 g/mol. The Morgan fingerprint density at radius 2 is 1.76 bits per heavy atom. The van der Waals surface area contributed by atoms with Crippen molar-refractivity contribution in [3.63, 3.8) is 0 Å². The van der Waals surface area contributed by atoms with E-state index in [-0.39, 0.29) is 17.0 Å². The van der Waals surface area contributed by atoms with Gasteiger partial charge in [-0.05, 0) is 30.5 Å². The van der Waals surface area contributed by atoms with Crippen LogP contribution in [-0.2, 0) is 21.3 Å². The van der Waals surface area contributed by atoms with Gasteiger partial charge in [-0.1, -0.05) is 42.5 Å². The van der Waals surface area contributed by atoms with Crippen molar-refractivity contribution >= 4 is 10.0 Å². The fraction of sp³-hybridized carbons (Fsp3) is 0.455. The summed E-state index contributed by atoms with van der Waals surface area (Å²) < 4.78 is 40.0. The topological polar surface area (TPSA) is 59.1 Å². The predicted octanol–water partition coefficient (Wildman–Crippen LogP) is 2.75. The van der Waals surface area contributed by atoms with Gasteiger partial charge in [0.15, 0.2) is 0 Å². The number of fused-ring (bicyclic) bond motifs is 2. The van der Waals surface area contributed by atoms with Crippen molar-refractivity contribution in [1.29, 1.82) is 0 Å². The molecule has 2 heterocycles. The first-order valence-corrected chi connectivity index (χ1v) is 11.6. The Morgan fingerprint density at radius 1 is 1.03 bits per heavy atom. The van der Waals surface area contributed by atoms with Crippen molar-refractivity contribution in [2.24, 2.45) is 0 Å². The predicted molar refractivity (Wildman–Crippen MR) is 111 cm³/mol. The van der Waals surface area contributed by atoms with E-state index < -0.39 is 10.0 Å². The van der Waals surface area contributed by atoms with E-state index in [0.29, 0.717) is 18.9 Å². The average molecular weight is 417 g/mol. The van der Waals surface area contributed by atoms with Gasteiger partial charge in [-0.3, -0.25) is 4.90 Å². The van der Waals surface area contributed by atoms with Crippen LogP contribution in [0, 0.1) is 0 Å². The number of para-hydroxylation sites is 1. The summed E-state index contributed by atoms with van der Waals surface area (Å²) in [6.07, 6.45) is 1.34. The lowest BCUT2D eigenvalue weighted by Crippen LogP contribution is -2.48. The van der Waals surface area contributed by atoms with E-state index in [2.05, 4.69) is 29.2 Å². The van der Waals surface area contributed by atoms with E-state index >= 15 is 0 Å². The molecule has 0 unspecified atom stereocenters. The molecule has 0 N–H and O–H groups in total. The summed E-state index contributed by atoms with van der Waals surface area (Å²) in [5.41, 5.74) is 1.27. The Kier molecular flexibility index (Phi) is 6.20. The first kappa shape index (κ1) is 20.3. The largest absolute Gasteiger partial charge is 0.487 e. The quantitative estimate of drug-likeness (QED) is 0.750. The highest BCUT2D eigenvalue weighted by atomic mass is 32.2. The maximum absolute atomic E-state index is 13.4. The van der Waals surface area contributed by atoms with Gasteiger partial charge in [0.25, 0.3) is 0 Å². The molecule has 2 atom stereocenters. The number of rotatable bonds is 5. The van der Waals surface area contributed by atoms with Crippen LogP contribution in [-0.4, -0.2) is 63.1 Å². The van der Waals surface area contributed by atoms with E-state index in [1.165, 1.54) is 5.56 Å². The van der Waals surface area contributed by atoms with Gasteiger partial charge in [0.05, 0.1) is 12.6 Å². The molecule has 1 fully saturated rings. The Bertz CT molecular complexity index is 919. The molecule has 0 aromatic heterocycles. The second-order valence-corrected chi connectivity index (χ2v) is 9.48. The second-order valence-electron chi connectivity index (χ2n) is 7.62. The van der Waals surface area contributed by atoms with Crippen molar-refractivity contribution in [3.8, 4) is 5.75 Å². The number of sulfonamides is 1. The molecule has 7 heteroatoms. The number of ether oxygens (including phenoxy) is 2. The van der Waals surface area contributed by atoms with E-state index in [0.717, 1.165) is 32.5 Å². The summed E-state index contributed by atoms with van der Waals surface area (Å²) >= 11 is 0. The van der Waals surface area contributed by atoms with Crippen LogP contribution >= 0.6 is 0 Å². The van der Waals surface area contributed by atoms with Crippen LogP contribution in [0.5, 0.6) is 5.75 Å². The summed E-state index contributed by atoms with van der Waals surface area (Å²) in [6, 6.07) is 17.1. The van der Waals surface area contributed by atoms with E-state index in [1.54, 1.807) is 29.6 Å². The molecule has 0 bridgehead atoms. The third kappa shape index (κ3) is 4.33. The van der Waals surface area contributed by atoms with Gasteiger partial charge in [-0.2, -0.15) is 4.31 Å². The molecule has 0 spiro atoms. The van der Waals surface area contributed by atoms with Crippen molar-refractivity contribution in [1.82, 2.24) is 9.21 Å². The first-order valence-electron chi connectivity index (χ1n) is 10.1. The number of nitrogens with zero attached hydrogens (tertiary/aromatic N) is 2. The molecule has 2 aliphatic rings. The normalized spacial score (nSPS) is 24.6. The number of hydrogen-bond acceptors (Lipinski definition) is 5. The summed E-state index contributed by atoms with van der Waals surface area (Å²) in [5, 5.41) is 0. The van der Waals surface area contributed by atoms with Crippen molar-refractivity contribution in [3.05, 3.63) is 60.2 Å². The lowest BCUT2D eigenvalue weighted by molar-refractivity contribution is 0.0958. The van der Waals surface area contributed by atoms with Gasteiger partial charge in [0, 0.05) is 33.3 Å². The molecule has 1 saturated heterocycles. The highest BCUT2D eigenvalue weighted by molar-refractivity contribution is 7.89. The fourth-order valence-corrected chi connectivity index (χ4v) is 6.06. The molecule has 0 saturated carbocycles. The molecule has 2 aliphatic heterocycles. The van der Waals surface area contributed by atoms with Crippen LogP contribution in [0.1, 0.15) is 18.4 Å². The summed E-state index contributed by atoms with van der Waals surface area (Å²) in [7, 11) is -2.05. The van der Waals surface area contributed by atoms with Gasteiger partial charge in [-0.25, -0.2) is 8.42 Å². The molecule has 2 aromatic rings. The molecule has 156 valence electrons. The van der Waals surface area contributed by atoms with E-state index in [1.807, 2.05) is 12.1 Å². The van der Waals surface area contributed by atoms with Crippen molar-refractivity contribution < 1.29 is 17.9 Å².